The molecule has 7 nitrogen and oxygen atoms in total. The maximum absolute atomic E-state index is 14.3. The number of nitrogens with one attached hydrogen (secondary N) is 1. The number of anilines is 1. The van der Waals surface area contributed by atoms with E-state index in [2.05, 4.69) is 5.32 Å². The van der Waals surface area contributed by atoms with Crippen molar-refractivity contribution in [3.8, 4) is 0 Å². The molecule has 0 saturated heterocycles. The molecule has 1 aliphatic carbocycles. The summed E-state index contributed by atoms with van der Waals surface area (Å²) in [4.78, 5) is 29.5. The van der Waals surface area contributed by atoms with Gasteiger partial charge in [0.25, 0.3) is 10.0 Å². The van der Waals surface area contributed by atoms with Gasteiger partial charge in [-0.15, -0.1) is 0 Å². The first-order chi connectivity index (χ1) is 20.5. The van der Waals surface area contributed by atoms with E-state index in [0.29, 0.717) is 33.3 Å². The number of carbonyl (C=O) groups is 2. The molecule has 43 heavy (non-hydrogen) atoms. The van der Waals surface area contributed by atoms with Crippen LogP contribution in [-0.4, -0.2) is 43.8 Å². The highest BCUT2D eigenvalue weighted by Crippen LogP contribution is 2.30. The van der Waals surface area contributed by atoms with Gasteiger partial charge < -0.3 is 10.2 Å². The fraction of sp³-hybridized carbons (Fsp3) is 0.394. The van der Waals surface area contributed by atoms with E-state index in [4.69, 9.17) is 23.2 Å². The van der Waals surface area contributed by atoms with Crippen molar-refractivity contribution < 1.29 is 18.0 Å². The number of sulfonamides is 1. The standard InChI is InChI=1S/C33H39Cl2N3O4S/c1-4-30(33(40)36-27-11-6-5-7-12-27)37(21-25-10-8-9-13-29(25)35)32(39)22-38(31-19-16-26(34)20-24(31)3)43(41,42)28-17-14-23(2)15-18-28/h8-10,13-20,27,30H,4-7,11-12,21-22H2,1-3H3,(H,36,40). The van der Waals surface area contributed by atoms with Crippen LogP contribution in [0.25, 0.3) is 0 Å². The number of aryl methyl sites for hydroxylation is 2. The molecule has 4 rings (SSSR count). The number of carbonyl (C=O) groups excluding carboxylic acids is 2. The minimum Gasteiger partial charge on any atom is -0.352 e. The van der Waals surface area contributed by atoms with Crippen molar-refractivity contribution >= 4 is 50.7 Å². The van der Waals surface area contributed by atoms with Gasteiger partial charge in [0.05, 0.1) is 10.6 Å². The Kier molecular flexibility index (Phi) is 11.2. The van der Waals surface area contributed by atoms with Crippen molar-refractivity contribution in [2.24, 2.45) is 0 Å². The predicted molar refractivity (Wildman–Crippen MR) is 173 cm³/mol. The molecule has 2 amide bonds. The Balaban J connectivity index is 1.74. The topological polar surface area (TPSA) is 86.8 Å². The lowest BCUT2D eigenvalue weighted by Gasteiger charge is -2.35. The fourth-order valence-electron chi connectivity index (χ4n) is 5.52. The lowest BCUT2D eigenvalue weighted by Crippen LogP contribution is -2.54. The normalized spacial score (nSPS) is 14.6. The van der Waals surface area contributed by atoms with Gasteiger partial charge in [-0.1, -0.05) is 85.3 Å². The second-order valence-corrected chi connectivity index (χ2v) is 13.8. The molecule has 1 fully saturated rings. The summed E-state index contributed by atoms with van der Waals surface area (Å²) in [5.74, 6) is -0.763. The van der Waals surface area contributed by atoms with Crippen LogP contribution in [-0.2, 0) is 26.2 Å². The number of hydrogen-bond acceptors (Lipinski definition) is 4. The van der Waals surface area contributed by atoms with Crippen LogP contribution in [0.3, 0.4) is 0 Å². The van der Waals surface area contributed by atoms with Gasteiger partial charge in [-0.05, 0) is 80.6 Å². The van der Waals surface area contributed by atoms with Crippen molar-refractivity contribution in [1.29, 1.82) is 0 Å². The fourth-order valence-corrected chi connectivity index (χ4v) is 7.42. The van der Waals surface area contributed by atoms with E-state index in [-0.39, 0.29) is 23.4 Å². The zero-order valence-corrected chi connectivity index (χ0v) is 27.2. The average molecular weight is 645 g/mol. The van der Waals surface area contributed by atoms with E-state index >= 15 is 0 Å². The van der Waals surface area contributed by atoms with Crippen molar-refractivity contribution in [3.63, 3.8) is 0 Å². The lowest BCUT2D eigenvalue weighted by molar-refractivity contribution is -0.140. The Morgan fingerprint density at radius 2 is 1.63 bits per heavy atom. The van der Waals surface area contributed by atoms with Crippen molar-refractivity contribution in [3.05, 3.63) is 93.5 Å². The molecule has 0 spiro atoms. The lowest BCUT2D eigenvalue weighted by atomic mass is 9.95. The molecule has 10 heteroatoms. The van der Waals surface area contributed by atoms with Crippen molar-refractivity contribution in [1.82, 2.24) is 10.2 Å². The van der Waals surface area contributed by atoms with E-state index in [0.717, 1.165) is 42.0 Å². The van der Waals surface area contributed by atoms with Gasteiger partial charge in [-0.3, -0.25) is 13.9 Å². The zero-order chi connectivity index (χ0) is 31.1. The largest absolute Gasteiger partial charge is 0.352 e. The van der Waals surface area contributed by atoms with Crippen LogP contribution in [0.4, 0.5) is 5.69 Å². The Morgan fingerprint density at radius 1 is 0.953 bits per heavy atom. The first kappa shape index (κ1) is 32.8. The second-order valence-electron chi connectivity index (χ2n) is 11.1. The molecule has 1 saturated carbocycles. The highest BCUT2D eigenvalue weighted by Gasteiger charge is 2.35. The number of halogens is 2. The summed E-state index contributed by atoms with van der Waals surface area (Å²) in [5.41, 5.74) is 2.49. The molecule has 3 aromatic carbocycles. The number of rotatable bonds is 11. The second kappa shape index (κ2) is 14.6. The monoisotopic (exact) mass is 643 g/mol. The van der Waals surface area contributed by atoms with Crippen molar-refractivity contribution in [2.75, 3.05) is 10.8 Å². The molecule has 0 radical (unpaired) electrons. The zero-order valence-electron chi connectivity index (χ0n) is 24.9. The molecular weight excluding hydrogens is 605 g/mol. The summed E-state index contributed by atoms with van der Waals surface area (Å²) in [6.45, 7) is 5.00. The van der Waals surface area contributed by atoms with Gasteiger partial charge in [0.15, 0.2) is 0 Å². The Bertz CT molecular complexity index is 1540. The Morgan fingerprint density at radius 3 is 2.26 bits per heavy atom. The average Bonchev–Trinajstić information content (AvgIpc) is 2.97. The summed E-state index contributed by atoms with van der Waals surface area (Å²) in [5, 5.41) is 4.06. The van der Waals surface area contributed by atoms with Crippen LogP contribution in [0, 0.1) is 13.8 Å². The summed E-state index contributed by atoms with van der Waals surface area (Å²) in [7, 11) is -4.18. The Labute approximate surface area is 265 Å². The highest BCUT2D eigenvalue weighted by molar-refractivity contribution is 7.92. The SMILES string of the molecule is CCC(C(=O)NC1CCCCC1)N(Cc1ccccc1Cl)C(=O)CN(c1ccc(Cl)cc1C)S(=O)(=O)c1ccc(C)cc1. The van der Waals surface area contributed by atoms with Gasteiger partial charge >= 0.3 is 0 Å². The number of benzene rings is 3. The molecule has 1 aliphatic rings. The number of nitrogens with zero attached hydrogens (tertiary/aromatic N) is 2. The number of amides is 2. The first-order valence-electron chi connectivity index (χ1n) is 14.7. The van der Waals surface area contributed by atoms with Crippen molar-refractivity contribution in [2.45, 2.75) is 82.8 Å². The molecule has 0 bridgehead atoms. The molecule has 1 unspecified atom stereocenters. The molecular formula is C33H39Cl2N3O4S. The van der Waals surface area contributed by atoms with Gasteiger partial charge in [-0.25, -0.2) is 8.42 Å². The van der Waals surface area contributed by atoms with Crippen LogP contribution < -0.4 is 9.62 Å². The first-order valence-corrected chi connectivity index (χ1v) is 16.9. The summed E-state index contributed by atoms with van der Waals surface area (Å²) in [6.07, 6.45) is 5.40. The third-order valence-corrected chi connectivity index (χ3v) is 10.3. The van der Waals surface area contributed by atoms with Gasteiger partial charge in [0.2, 0.25) is 11.8 Å². The molecule has 0 aliphatic heterocycles. The summed E-state index contributed by atoms with van der Waals surface area (Å²) < 4.78 is 29.3. The third kappa shape index (κ3) is 8.11. The maximum atomic E-state index is 14.3. The number of hydrogen-bond donors (Lipinski definition) is 1. The highest BCUT2D eigenvalue weighted by atomic mass is 35.5. The molecule has 1 atom stereocenters. The molecule has 230 valence electrons. The third-order valence-electron chi connectivity index (χ3n) is 7.95. The summed E-state index contributed by atoms with van der Waals surface area (Å²) >= 11 is 12.7. The molecule has 0 aromatic heterocycles. The van der Waals surface area contributed by atoms with Gasteiger partial charge in [0.1, 0.15) is 12.6 Å². The van der Waals surface area contributed by atoms with Crippen LogP contribution in [0.2, 0.25) is 10.0 Å². The molecule has 0 heterocycles. The molecule has 1 N–H and O–H groups in total. The minimum atomic E-state index is -4.18. The maximum Gasteiger partial charge on any atom is 0.264 e. The van der Waals surface area contributed by atoms with Crippen LogP contribution in [0.1, 0.15) is 62.1 Å². The van der Waals surface area contributed by atoms with Gasteiger partial charge in [-0.2, -0.15) is 0 Å². The van der Waals surface area contributed by atoms with Crippen LogP contribution >= 0.6 is 23.2 Å². The van der Waals surface area contributed by atoms with Crippen LogP contribution in [0.5, 0.6) is 0 Å². The van der Waals surface area contributed by atoms with E-state index in [1.54, 1.807) is 55.5 Å². The molecule has 3 aromatic rings. The van der Waals surface area contributed by atoms with E-state index in [9.17, 15) is 18.0 Å². The predicted octanol–water partition coefficient (Wildman–Crippen LogP) is 7.06. The minimum absolute atomic E-state index is 0.0487. The van der Waals surface area contributed by atoms with E-state index < -0.39 is 28.5 Å². The van der Waals surface area contributed by atoms with Gasteiger partial charge in [0, 0.05) is 22.6 Å². The van der Waals surface area contributed by atoms with E-state index in [1.807, 2.05) is 19.9 Å². The van der Waals surface area contributed by atoms with E-state index in [1.165, 1.54) is 17.0 Å². The Hall–Kier alpha value is -3.07. The quantitative estimate of drug-likeness (QED) is 0.242. The van der Waals surface area contributed by atoms with Crippen LogP contribution in [0.15, 0.2) is 71.6 Å². The summed E-state index contributed by atoms with van der Waals surface area (Å²) in [6, 6.07) is 17.7. The smallest absolute Gasteiger partial charge is 0.264 e.